The van der Waals surface area contributed by atoms with Gasteiger partial charge in [0, 0.05) is 36.6 Å². The summed E-state index contributed by atoms with van der Waals surface area (Å²) in [5.41, 5.74) is 4.55. The molecule has 3 aromatic carbocycles. The number of rotatable bonds is 6. The van der Waals surface area contributed by atoms with E-state index < -0.39 is 15.7 Å². The standard InChI is InChI=1S/C26H26FN5O3S/c1-32-9-8-16-11-25(35-2)24(10-18(16)15-32)31-26-28-14-17-4-5-19(12-22(17)30-26)29-23-13-20(36(3,33)34)6-7-21(23)27/h4-7,10-14,29H,8-9,15H2,1-3H3,(H,28,30,31). The highest BCUT2D eigenvalue weighted by molar-refractivity contribution is 7.90. The Labute approximate surface area is 209 Å². The number of sulfone groups is 1. The Hall–Kier alpha value is -3.76. The van der Waals surface area contributed by atoms with Gasteiger partial charge in [0.15, 0.2) is 9.84 Å². The van der Waals surface area contributed by atoms with Gasteiger partial charge < -0.3 is 20.3 Å². The molecule has 2 heterocycles. The predicted molar refractivity (Wildman–Crippen MR) is 139 cm³/mol. The van der Waals surface area contributed by atoms with E-state index in [4.69, 9.17) is 4.74 Å². The number of aromatic nitrogens is 2. The van der Waals surface area contributed by atoms with E-state index in [1.807, 2.05) is 6.07 Å². The lowest BCUT2D eigenvalue weighted by atomic mass is 9.99. The zero-order valence-corrected chi connectivity index (χ0v) is 21.0. The van der Waals surface area contributed by atoms with Crippen molar-refractivity contribution in [1.82, 2.24) is 14.9 Å². The molecule has 1 aliphatic heterocycles. The molecule has 0 fully saturated rings. The maximum Gasteiger partial charge on any atom is 0.227 e. The number of fused-ring (bicyclic) bond motifs is 2. The van der Waals surface area contributed by atoms with Gasteiger partial charge in [-0.3, -0.25) is 0 Å². The molecule has 0 saturated heterocycles. The van der Waals surface area contributed by atoms with E-state index in [1.165, 1.54) is 23.3 Å². The maximum atomic E-state index is 14.4. The minimum Gasteiger partial charge on any atom is -0.495 e. The molecule has 0 unspecified atom stereocenters. The first-order valence-corrected chi connectivity index (χ1v) is 13.3. The molecule has 0 amide bonds. The molecule has 186 valence electrons. The first-order valence-electron chi connectivity index (χ1n) is 11.4. The molecule has 0 bridgehead atoms. The van der Waals surface area contributed by atoms with Crippen LogP contribution in [0.15, 0.2) is 59.6 Å². The van der Waals surface area contributed by atoms with Gasteiger partial charge in [0.05, 0.1) is 28.9 Å². The van der Waals surface area contributed by atoms with Crippen LogP contribution in [0.2, 0.25) is 0 Å². The maximum absolute atomic E-state index is 14.4. The van der Waals surface area contributed by atoms with Crippen LogP contribution in [0.4, 0.5) is 27.4 Å². The van der Waals surface area contributed by atoms with Gasteiger partial charge >= 0.3 is 0 Å². The third-order valence-electron chi connectivity index (χ3n) is 6.20. The number of benzene rings is 3. The van der Waals surface area contributed by atoms with Crippen molar-refractivity contribution >= 4 is 43.8 Å². The molecule has 0 radical (unpaired) electrons. The molecule has 10 heteroatoms. The number of nitrogens with one attached hydrogen (secondary N) is 2. The molecule has 4 aromatic rings. The summed E-state index contributed by atoms with van der Waals surface area (Å²) >= 11 is 0. The Morgan fingerprint density at radius 2 is 1.86 bits per heavy atom. The molecule has 0 aliphatic carbocycles. The molecule has 1 aliphatic rings. The summed E-state index contributed by atoms with van der Waals surface area (Å²) in [5, 5.41) is 7.03. The third-order valence-corrected chi connectivity index (χ3v) is 7.31. The fourth-order valence-electron chi connectivity index (χ4n) is 4.26. The average Bonchev–Trinajstić information content (AvgIpc) is 2.84. The first kappa shape index (κ1) is 24.0. The lowest BCUT2D eigenvalue weighted by Gasteiger charge is -2.26. The first-order chi connectivity index (χ1) is 17.2. The van der Waals surface area contributed by atoms with Crippen molar-refractivity contribution in [3.63, 3.8) is 0 Å². The van der Waals surface area contributed by atoms with Crippen LogP contribution >= 0.6 is 0 Å². The van der Waals surface area contributed by atoms with Crippen molar-refractivity contribution in [3.05, 3.63) is 71.7 Å². The molecular formula is C26H26FN5O3S. The van der Waals surface area contributed by atoms with Crippen LogP contribution in [0.3, 0.4) is 0 Å². The average molecular weight is 508 g/mol. The number of anilines is 4. The number of hydrogen-bond acceptors (Lipinski definition) is 8. The summed E-state index contributed by atoms with van der Waals surface area (Å²) in [6.07, 6.45) is 3.76. The van der Waals surface area contributed by atoms with Crippen molar-refractivity contribution in [2.45, 2.75) is 17.9 Å². The third kappa shape index (κ3) is 4.95. The number of likely N-dealkylation sites (N-methyl/N-ethyl adjacent to an activating group) is 1. The monoisotopic (exact) mass is 507 g/mol. The Kier molecular flexibility index (Phi) is 6.23. The van der Waals surface area contributed by atoms with Crippen molar-refractivity contribution in [2.24, 2.45) is 0 Å². The number of halogens is 1. The summed E-state index contributed by atoms with van der Waals surface area (Å²) in [6, 6.07) is 13.1. The van der Waals surface area contributed by atoms with Gasteiger partial charge in [0.2, 0.25) is 5.95 Å². The van der Waals surface area contributed by atoms with E-state index in [1.54, 1.807) is 25.4 Å². The molecule has 36 heavy (non-hydrogen) atoms. The highest BCUT2D eigenvalue weighted by Crippen LogP contribution is 2.33. The van der Waals surface area contributed by atoms with Crippen LogP contribution in [0.1, 0.15) is 11.1 Å². The molecule has 2 N–H and O–H groups in total. The minimum atomic E-state index is -3.47. The molecule has 1 aromatic heterocycles. The zero-order chi connectivity index (χ0) is 25.4. The van der Waals surface area contributed by atoms with Gasteiger partial charge in [-0.25, -0.2) is 22.8 Å². The molecule has 0 saturated carbocycles. The number of methoxy groups -OCH3 is 1. The van der Waals surface area contributed by atoms with E-state index in [0.717, 1.165) is 48.7 Å². The van der Waals surface area contributed by atoms with Crippen molar-refractivity contribution in [3.8, 4) is 5.75 Å². The molecule has 8 nitrogen and oxygen atoms in total. The Balaban J connectivity index is 1.44. The van der Waals surface area contributed by atoms with Crippen LogP contribution in [0, 0.1) is 5.82 Å². The van der Waals surface area contributed by atoms with Gasteiger partial charge in [0.25, 0.3) is 0 Å². The highest BCUT2D eigenvalue weighted by Gasteiger charge is 2.17. The van der Waals surface area contributed by atoms with Crippen molar-refractivity contribution in [1.29, 1.82) is 0 Å². The van der Waals surface area contributed by atoms with Gasteiger partial charge in [-0.15, -0.1) is 0 Å². The Morgan fingerprint density at radius 3 is 2.64 bits per heavy atom. The summed E-state index contributed by atoms with van der Waals surface area (Å²) in [5.74, 6) is 0.559. The second kappa shape index (κ2) is 9.36. The predicted octanol–water partition coefficient (Wildman–Crippen LogP) is 4.66. The van der Waals surface area contributed by atoms with Crippen LogP contribution in [-0.4, -0.2) is 50.2 Å². The minimum absolute atomic E-state index is 0.0335. The summed E-state index contributed by atoms with van der Waals surface area (Å²) < 4.78 is 43.7. The van der Waals surface area contributed by atoms with E-state index in [9.17, 15) is 12.8 Å². The summed E-state index contributed by atoms with van der Waals surface area (Å²) in [7, 11) is 0.269. The molecular weight excluding hydrogens is 481 g/mol. The number of nitrogens with zero attached hydrogens (tertiary/aromatic N) is 3. The van der Waals surface area contributed by atoms with Crippen LogP contribution < -0.4 is 15.4 Å². The van der Waals surface area contributed by atoms with Crippen LogP contribution in [0.25, 0.3) is 10.9 Å². The van der Waals surface area contributed by atoms with Crippen molar-refractivity contribution in [2.75, 3.05) is 37.6 Å². The van der Waals surface area contributed by atoms with Gasteiger partial charge in [-0.1, -0.05) is 0 Å². The van der Waals surface area contributed by atoms with E-state index in [0.29, 0.717) is 17.2 Å². The smallest absolute Gasteiger partial charge is 0.227 e. The Morgan fingerprint density at radius 1 is 1.03 bits per heavy atom. The SMILES string of the molecule is COc1cc2c(cc1Nc1ncc3ccc(Nc4cc(S(C)(=O)=O)ccc4F)cc3n1)CN(C)CC2. The van der Waals surface area contributed by atoms with E-state index in [-0.39, 0.29) is 10.6 Å². The number of ether oxygens (including phenoxy) is 1. The van der Waals surface area contributed by atoms with Gasteiger partial charge in [-0.2, -0.15) is 0 Å². The molecule has 0 spiro atoms. The fourth-order valence-corrected chi connectivity index (χ4v) is 4.91. The molecule has 5 rings (SSSR count). The van der Waals surface area contributed by atoms with Crippen LogP contribution in [0.5, 0.6) is 5.75 Å². The summed E-state index contributed by atoms with van der Waals surface area (Å²) in [6.45, 7) is 1.87. The Bertz CT molecular complexity index is 1580. The highest BCUT2D eigenvalue weighted by atomic mass is 32.2. The van der Waals surface area contributed by atoms with Gasteiger partial charge in [0.1, 0.15) is 11.6 Å². The van der Waals surface area contributed by atoms with Gasteiger partial charge in [-0.05, 0) is 73.1 Å². The lowest BCUT2D eigenvalue weighted by Crippen LogP contribution is -2.26. The largest absolute Gasteiger partial charge is 0.495 e. The fraction of sp³-hybridized carbons (Fsp3) is 0.231. The summed E-state index contributed by atoms with van der Waals surface area (Å²) in [4.78, 5) is 11.4. The van der Waals surface area contributed by atoms with Crippen molar-refractivity contribution < 1.29 is 17.5 Å². The molecule has 0 atom stereocenters. The second-order valence-corrected chi connectivity index (χ2v) is 11.0. The second-order valence-electron chi connectivity index (χ2n) is 8.94. The lowest BCUT2D eigenvalue weighted by molar-refractivity contribution is 0.312. The van der Waals surface area contributed by atoms with Crippen LogP contribution in [-0.2, 0) is 22.8 Å². The van der Waals surface area contributed by atoms with E-state index in [2.05, 4.69) is 44.7 Å². The van der Waals surface area contributed by atoms with E-state index >= 15 is 0 Å². The quantitative estimate of drug-likeness (QED) is 0.364. The zero-order valence-electron chi connectivity index (χ0n) is 20.2. The topological polar surface area (TPSA) is 96.4 Å². The normalized spacial score (nSPS) is 13.9. The number of hydrogen-bond donors (Lipinski definition) is 2.